The summed E-state index contributed by atoms with van der Waals surface area (Å²) in [5.74, 6) is 0. The van der Waals surface area contributed by atoms with Crippen molar-refractivity contribution in [2.75, 3.05) is 39.4 Å². The predicted octanol–water partition coefficient (Wildman–Crippen LogP) is 3.63. The van der Waals surface area contributed by atoms with Gasteiger partial charge in [0.25, 0.3) is 0 Å². The van der Waals surface area contributed by atoms with Crippen LogP contribution >= 0.6 is 0 Å². The minimum atomic E-state index is 0.713. The molecule has 0 aliphatic carbocycles. The maximum Gasteiger partial charge on any atom is 0.102 e. The topological polar surface area (TPSA) is 9.23 Å². The quantitative estimate of drug-likeness (QED) is 0.305. The average molecular weight is 242 g/mol. The summed E-state index contributed by atoms with van der Waals surface area (Å²) in [6.45, 7) is 19.3. The van der Waals surface area contributed by atoms with Crippen molar-refractivity contribution in [2.24, 2.45) is 0 Å². The minimum absolute atomic E-state index is 0.713. The third kappa shape index (κ3) is 7.56. The maximum atomic E-state index is 5.67. The number of ether oxygens (including phenoxy) is 1. The first kappa shape index (κ1) is 16.7. The largest absolute Gasteiger partial charge is 0.371 e. The van der Waals surface area contributed by atoms with Crippen molar-refractivity contribution in [1.82, 2.24) is 0 Å². The van der Waals surface area contributed by atoms with Crippen molar-refractivity contribution < 1.29 is 9.22 Å². The molecule has 0 aromatic rings. The average Bonchev–Trinajstić information content (AvgIpc) is 2.25. The van der Waals surface area contributed by atoms with E-state index in [1.807, 2.05) is 6.92 Å². The number of hydrogen-bond donors (Lipinski definition) is 0. The van der Waals surface area contributed by atoms with E-state index >= 15 is 0 Å². The first-order chi connectivity index (χ1) is 8.10. The molecule has 0 N–H and O–H groups in total. The van der Waals surface area contributed by atoms with Gasteiger partial charge in [-0.25, -0.2) is 0 Å². The molecule has 2 nitrogen and oxygen atoms in total. The molecule has 0 aliphatic heterocycles. The van der Waals surface area contributed by atoms with E-state index in [1.54, 1.807) is 0 Å². The van der Waals surface area contributed by atoms with Crippen LogP contribution in [0.15, 0.2) is 12.2 Å². The van der Waals surface area contributed by atoms with Gasteiger partial charge in [0.05, 0.1) is 32.8 Å². The second-order valence-electron chi connectivity index (χ2n) is 5.25. The van der Waals surface area contributed by atoms with E-state index in [2.05, 4.69) is 27.4 Å². The monoisotopic (exact) mass is 242 g/mol. The smallest absolute Gasteiger partial charge is 0.102 e. The fourth-order valence-electron chi connectivity index (χ4n) is 2.60. The maximum absolute atomic E-state index is 5.67. The van der Waals surface area contributed by atoms with E-state index in [4.69, 9.17) is 4.74 Å². The van der Waals surface area contributed by atoms with Gasteiger partial charge in [0.1, 0.15) is 6.54 Å². The first-order valence-corrected chi connectivity index (χ1v) is 7.17. The molecule has 0 fully saturated rings. The van der Waals surface area contributed by atoms with E-state index in [9.17, 15) is 0 Å². The minimum Gasteiger partial charge on any atom is -0.371 e. The molecule has 0 heterocycles. The van der Waals surface area contributed by atoms with Gasteiger partial charge < -0.3 is 9.22 Å². The highest BCUT2D eigenvalue weighted by Crippen LogP contribution is 2.11. The summed E-state index contributed by atoms with van der Waals surface area (Å²) in [5, 5.41) is 0. The zero-order chi connectivity index (χ0) is 13.1. The van der Waals surface area contributed by atoms with Crippen molar-refractivity contribution in [3.8, 4) is 0 Å². The van der Waals surface area contributed by atoms with Crippen LogP contribution in [0, 0.1) is 0 Å². The van der Waals surface area contributed by atoms with Crippen molar-refractivity contribution in [3.63, 3.8) is 0 Å². The molecule has 0 amide bonds. The Kier molecular flexibility index (Phi) is 9.47. The standard InChI is InChI=1S/C15H32NO/c1-6-9-16(10-7-2,11-8-3)12-13-17-14-15(4)5/h4,6-14H2,1-3,5H3/q+1. The highest BCUT2D eigenvalue weighted by Gasteiger charge is 2.23. The van der Waals surface area contributed by atoms with Crippen LogP contribution in [0.3, 0.4) is 0 Å². The van der Waals surface area contributed by atoms with Crippen LogP contribution in [0.2, 0.25) is 0 Å². The fourth-order valence-corrected chi connectivity index (χ4v) is 2.60. The van der Waals surface area contributed by atoms with Gasteiger partial charge in [-0.3, -0.25) is 0 Å². The van der Waals surface area contributed by atoms with Gasteiger partial charge in [0.15, 0.2) is 0 Å². The van der Waals surface area contributed by atoms with Gasteiger partial charge in [-0.05, 0) is 26.2 Å². The molecule has 0 aromatic carbocycles. The van der Waals surface area contributed by atoms with Crippen molar-refractivity contribution in [1.29, 1.82) is 0 Å². The third-order valence-electron chi connectivity index (χ3n) is 3.15. The molecule has 0 bridgehead atoms. The Bertz CT molecular complexity index is 184. The van der Waals surface area contributed by atoms with Gasteiger partial charge in [0.2, 0.25) is 0 Å². The molecule has 0 radical (unpaired) electrons. The Hall–Kier alpha value is -0.340. The van der Waals surface area contributed by atoms with E-state index in [0.717, 1.165) is 18.7 Å². The summed E-state index contributed by atoms with van der Waals surface area (Å²) in [7, 11) is 0. The summed E-state index contributed by atoms with van der Waals surface area (Å²) in [6, 6.07) is 0. The number of quaternary nitrogens is 1. The van der Waals surface area contributed by atoms with E-state index in [0.29, 0.717) is 6.61 Å². The lowest BCUT2D eigenvalue weighted by atomic mass is 10.2. The lowest BCUT2D eigenvalue weighted by Crippen LogP contribution is -2.51. The van der Waals surface area contributed by atoms with E-state index in [-0.39, 0.29) is 0 Å². The van der Waals surface area contributed by atoms with Crippen LogP contribution in [-0.2, 0) is 4.74 Å². The Labute approximate surface area is 108 Å². The van der Waals surface area contributed by atoms with Gasteiger partial charge in [-0.15, -0.1) is 0 Å². The summed E-state index contributed by atoms with van der Waals surface area (Å²) >= 11 is 0. The van der Waals surface area contributed by atoms with Gasteiger partial charge in [0, 0.05) is 0 Å². The Morgan fingerprint density at radius 3 is 1.76 bits per heavy atom. The number of rotatable bonds is 11. The zero-order valence-corrected chi connectivity index (χ0v) is 12.4. The van der Waals surface area contributed by atoms with Crippen molar-refractivity contribution in [3.05, 3.63) is 12.2 Å². The molecule has 2 heteroatoms. The van der Waals surface area contributed by atoms with Gasteiger partial charge in [-0.2, -0.15) is 0 Å². The second kappa shape index (κ2) is 9.67. The summed E-state index contributed by atoms with van der Waals surface area (Å²) in [4.78, 5) is 0. The predicted molar refractivity (Wildman–Crippen MR) is 76.2 cm³/mol. The molecule has 0 aliphatic rings. The molecular formula is C15H32NO+. The SMILES string of the molecule is C=C(C)COCC[N+](CCC)(CCC)CCC. The Balaban J connectivity index is 4.18. The molecule has 0 atom stereocenters. The number of nitrogens with zero attached hydrogens (tertiary/aromatic N) is 1. The molecule has 0 rings (SSSR count). The Morgan fingerprint density at radius 2 is 1.41 bits per heavy atom. The molecule has 17 heavy (non-hydrogen) atoms. The highest BCUT2D eigenvalue weighted by molar-refractivity contribution is 4.87. The summed E-state index contributed by atoms with van der Waals surface area (Å²) in [5.41, 5.74) is 1.12. The molecule has 102 valence electrons. The van der Waals surface area contributed by atoms with Crippen LogP contribution < -0.4 is 0 Å². The van der Waals surface area contributed by atoms with Crippen LogP contribution in [0.4, 0.5) is 0 Å². The number of hydrogen-bond acceptors (Lipinski definition) is 1. The lowest BCUT2D eigenvalue weighted by Gasteiger charge is -2.38. The van der Waals surface area contributed by atoms with Crippen LogP contribution in [-0.4, -0.2) is 43.9 Å². The van der Waals surface area contributed by atoms with Gasteiger partial charge >= 0.3 is 0 Å². The summed E-state index contributed by atoms with van der Waals surface area (Å²) < 4.78 is 6.91. The molecule has 0 unspecified atom stereocenters. The summed E-state index contributed by atoms with van der Waals surface area (Å²) in [6.07, 6.45) is 3.79. The van der Waals surface area contributed by atoms with Crippen LogP contribution in [0.25, 0.3) is 0 Å². The molecule has 0 saturated heterocycles. The van der Waals surface area contributed by atoms with E-state index < -0.39 is 0 Å². The van der Waals surface area contributed by atoms with Gasteiger partial charge in [-0.1, -0.05) is 32.9 Å². The van der Waals surface area contributed by atoms with Crippen LogP contribution in [0.5, 0.6) is 0 Å². The molecule has 0 spiro atoms. The molecular weight excluding hydrogens is 210 g/mol. The molecule has 0 saturated carbocycles. The Morgan fingerprint density at radius 1 is 0.941 bits per heavy atom. The normalized spacial score (nSPS) is 11.8. The lowest BCUT2D eigenvalue weighted by molar-refractivity contribution is -0.928. The van der Waals surface area contributed by atoms with Crippen LogP contribution in [0.1, 0.15) is 47.0 Å². The first-order valence-electron chi connectivity index (χ1n) is 7.17. The molecule has 0 aromatic heterocycles. The fraction of sp³-hybridized carbons (Fsp3) is 0.867. The second-order valence-corrected chi connectivity index (χ2v) is 5.25. The van der Waals surface area contributed by atoms with E-state index in [1.165, 1.54) is 43.4 Å². The third-order valence-corrected chi connectivity index (χ3v) is 3.15. The van der Waals surface area contributed by atoms with Crippen molar-refractivity contribution in [2.45, 2.75) is 47.0 Å². The zero-order valence-electron chi connectivity index (χ0n) is 12.4. The van der Waals surface area contributed by atoms with Crippen molar-refractivity contribution >= 4 is 0 Å². The highest BCUT2D eigenvalue weighted by atomic mass is 16.5.